The van der Waals surface area contributed by atoms with E-state index in [4.69, 9.17) is 11.5 Å². The molecule has 0 aromatic carbocycles. The van der Waals surface area contributed by atoms with Gasteiger partial charge >= 0.3 is 0 Å². The van der Waals surface area contributed by atoms with E-state index in [0.717, 1.165) is 45.7 Å². The third kappa shape index (κ3) is 24.8. The van der Waals surface area contributed by atoms with Crippen LogP contribution in [-0.4, -0.2) is 39.3 Å². The lowest BCUT2D eigenvalue weighted by atomic mass is 10.3. The van der Waals surface area contributed by atoms with E-state index in [-0.39, 0.29) is 0 Å². The van der Waals surface area contributed by atoms with E-state index in [1.807, 2.05) is 0 Å². The summed E-state index contributed by atoms with van der Waals surface area (Å²) in [5.41, 5.74) is 10.5. The van der Waals surface area contributed by atoms with Crippen LogP contribution in [0.25, 0.3) is 0 Å². The first kappa shape index (κ1) is 17.2. The number of hydrogen-bond donors (Lipinski definition) is 4. The second-order valence-electron chi connectivity index (χ2n) is 3.39. The molecule has 4 nitrogen and oxygen atoms in total. The lowest BCUT2D eigenvalue weighted by Crippen LogP contribution is -2.23. The topological polar surface area (TPSA) is 76.1 Å². The molecule has 6 N–H and O–H groups in total. The molecule has 0 atom stereocenters. The molecule has 0 saturated heterocycles. The van der Waals surface area contributed by atoms with Gasteiger partial charge in [-0.3, -0.25) is 0 Å². The van der Waals surface area contributed by atoms with Crippen molar-refractivity contribution in [1.82, 2.24) is 10.6 Å². The third-order valence-electron chi connectivity index (χ3n) is 1.84. The molecule has 0 fully saturated rings. The van der Waals surface area contributed by atoms with Crippen LogP contribution < -0.4 is 22.1 Å². The zero-order valence-corrected chi connectivity index (χ0v) is 10.5. The van der Waals surface area contributed by atoms with Crippen molar-refractivity contribution in [2.45, 2.75) is 33.1 Å². The van der Waals surface area contributed by atoms with E-state index in [9.17, 15) is 0 Å². The minimum absolute atomic E-state index is 0.754. The van der Waals surface area contributed by atoms with Crippen LogP contribution in [-0.2, 0) is 0 Å². The van der Waals surface area contributed by atoms with Gasteiger partial charge in [0.25, 0.3) is 0 Å². The maximum atomic E-state index is 5.25. The largest absolute Gasteiger partial charge is 0.330 e. The summed E-state index contributed by atoms with van der Waals surface area (Å²) in [5.74, 6) is 0. The highest BCUT2D eigenvalue weighted by Crippen LogP contribution is 1.80. The van der Waals surface area contributed by atoms with E-state index in [2.05, 4.69) is 24.5 Å². The van der Waals surface area contributed by atoms with Crippen LogP contribution in [0, 0.1) is 0 Å². The van der Waals surface area contributed by atoms with Crippen LogP contribution in [0.1, 0.15) is 33.1 Å². The molecule has 15 heavy (non-hydrogen) atoms. The predicted molar refractivity (Wildman–Crippen MR) is 69.0 cm³/mol. The highest BCUT2D eigenvalue weighted by molar-refractivity contribution is 4.45. The van der Waals surface area contributed by atoms with Gasteiger partial charge in [-0.15, -0.1) is 0 Å². The molecule has 4 heteroatoms. The van der Waals surface area contributed by atoms with Crippen LogP contribution >= 0.6 is 0 Å². The van der Waals surface area contributed by atoms with Crippen molar-refractivity contribution in [2.24, 2.45) is 11.5 Å². The molecule has 0 aromatic heterocycles. The summed E-state index contributed by atoms with van der Waals surface area (Å²) in [5, 5.41) is 6.38. The van der Waals surface area contributed by atoms with Crippen molar-refractivity contribution in [3.05, 3.63) is 0 Å². The Morgan fingerprint density at radius 2 is 1.47 bits per heavy atom. The van der Waals surface area contributed by atoms with Crippen molar-refractivity contribution >= 4 is 0 Å². The smallest absolute Gasteiger partial charge is 0.00745 e. The second-order valence-corrected chi connectivity index (χ2v) is 3.39. The first-order valence-electron chi connectivity index (χ1n) is 6.14. The SMILES string of the molecule is CCCCNCCN.CCNCCCN. The van der Waals surface area contributed by atoms with E-state index in [1.54, 1.807) is 0 Å². The van der Waals surface area contributed by atoms with Gasteiger partial charge in [0.2, 0.25) is 0 Å². The standard InChI is InChI=1S/C6H16N2.C5H14N2/c1-2-3-5-8-6-4-7;1-2-7-5-3-4-6/h8H,2-7H2,1H3;7H,2-6H2,1H3. The monoisotopic (exact) mass is 218 g/mol. The zero-order valence-electron chi connectivity index (χ0n) is 10.5. The molecule has 0 unspecified atom stereocenters. The maximum Gasteiger partial charge on any atom is 0.00745 e. The Bertz CT molecular complexity index is 78.7. The van der Waals surface area contributed by atoms with Gasteiger partial charge in [-0.1, -0.05) is 20.3 Å². The van der Waals surface area contributed by atoms with Crippen LogP contribution in [0.2, 0.25) is 0 Å². The third-order valence-corrected chi connectivity index (χ3v) is 1.84. The Kier molecular flexibility index (Phi) is 22.3. The highest BCUT2D eigenvalue weighted by Gasteiger charge is 1.80. The van der Waals surface area contributed by atoms with E-state index in [0.29, 0.717) is 0 Å². The Morgan fingerprint density at radius 3 is 1.93 bits per heavy atom. The molecule has 0 rings (SSSR count). The normalized spacial score (nSPS) is 9.60. The Morgan fingerprint density at radius 1 is 0.800 bits per heavy atom. The average molecular weight is 218 g/mol. The highest BCUT2D eigenvalue weighted by atomic mass is 14.9. The quantitative estimate of drug-likeness (QED) is 0.419. The van der Waals surface area contributed by atoms with Crippen molar-refractivity contribution in [3.63, 3.8) is 0 Å². The number of unbranched alkanes of at least 4 members (excludes halogenated alkanes) is 1. The fraction of sp³-hybridized carbons (Fsp3) is 1.00. The molecule has 0 radical (unpaired) electrons. The molecule has 0 aliphatic carbocycles. The van der Waals surface area contributed by atoms with Crippen molar-refractivity contribution in [2.75, 3.05) is 39.3 Å². The fourth-order valence-electron chi connectivity index (χ4n) is 0.933. The summed E-state index contributed by atoms with van der Waals surface area (Å²) in [6, 6.07) is 0. The minimum atomic E-state index is 0.754. The van der Waals surface area contributed by atoms with Gasteiger partial charge in [0.05, 0.1) is 0 Å². The molecule has 0 amide bonds. The Balaban J connectivity index is 0. The van der Waals surface area contributed by atoms with E-state index in [1.165, 1.54) is 12.8 Å². The summed E-state index contributed by atoms with van der Waals surface area (Å²) in [6.07, 6.45) is 3.62. The van der Waals surface area contributed by atoms with Crippen molar-refractivity contribution in [1.29, 1.82) is 0 Å². The summed E-state index contributed by atoms with van der Waals surface area (Å²) >= 11 is 0. The first-order chi connectivity index (χ1) is 7.33. The van der Waals surface area contributed by atoms with Gasteiger partial charge in [0.15, 0.2) is 0 Å². The lowest BCUT2D eigenvalue weighted by Gasteiger charge is -1.98. The summed E-state index contributed by atoms with van der Waals surface area (Å²) in [7, 11) is 0. The number of nitrogens with one attached hydrogen (secondary N) is 2. The molecule has 0 saturated carbocycles. The molecule has 0 aromatic rings. The Labute approximate surface area is 95.2 Å². The minimum Gasteiger partial charge on any atom is -0.330 e. The van der Waals surface area contributed by atoms with Gasteiger partial charge in [-0.25, -0.2) is 0 Å². The van der Waals surface area contributed by atoms with Crippen LogP contribution in [0.15, 0.2) is 0 Å². The predicted octanol–water partition coefficient (Wildman–Crippen LogP) is 0.280. The molecule has 0 bridgehead atoms. The average Bonchev–Trinajstić information content (AvgIpc) is 2.26. The fourth-order valence-corrected chi connectivity index (χ4v) is 0.933. The maximum absolute atomic E-state index is 5.25. The number of rotatable bonds is 9. The van der Waals surface area contributed by atoms with Crippen LogP contribution in [0.5, 0.6) is 0 Å². The molecule has 0 aliphatic heterocycles. The van der Waals surface area contributed by atoms with Gasteiger partial charge in [-0.05, 0) is 39.0 Å². The van der Waals surface area contributed by atoms with Gasteiger partial charge in [0.1, 0.15) is 0 Å². The van der Waals surface area contributed by atoms with Crippen LogP contribution in [0.3, 0.4) is 0 Å². The van der Waals surface area contributed by atoms with Crippen molar-refractivity contribution in [3.8, 4) is 0 Å². The lowest BCUT2D eigenvalue weighted by molar-refractivity contribution is 0.645. The zero-order chi connectivity index (χ0) is 11.8. The second kappa shape index (κ2) is 19.4. The van der Waals surface area contributed by atoms with E-state index < -0.39 is 0 Å². The summed E-state index contributed by atoms with van der Waals surface area (Å²) in [4.78, 5) is 0. The molecule has 94 valence electrons. The summed E-state index contributed by atoms with van der Waals surface area (Å²) in [6.45, 7) is 10.0. The summed E-state index contributed by atoms with van der Waals surface area (Å²) < 4.78 is 0. The first-order valence-corrected chi connectivity index (χ1v) is 6.14. The van der Waals surface area contributed by atoms with Gasteiger partial charge in [-0.2, -0.15) is 0 Å². The molecule has 0 spiro atoms. The van der Waals surface area contributed by atoms with E-state index >= 15 is 0 Å². The number of hydrogen-bond acceptors (Lipinski definition) is 4. The molecule has 0 heterocycles. The van der Waals surface area contributed by atoms with Crippen LogP contribution in [0.4, 0.5) is 0 Å². The number of nitrogens with two attached hydrogens (primary N) is 2. The van der Waals surface area contributed by atoms with Crippen molar-refractivity contribution < 1.29 is 0 Å². The molecule has 0 aliphatic rings. The van der Waals surface area contributed by atoms with Gasteiger partial charge < -0.3 is 22.1 Å². The molecular formula is C11H30N4. The van der Waals surface area contributed by atoms with Gasteiger partial charge in [0, 0.05) is 13.1 Å². The molecular weight excluding hydrogens is 188 g/mol. The Hall–Kier alpha value is -0.160.